The molecule has 1 aromatic heterocycles. The Labute approximate surface area is 64.4 Å². The molecule has 1 aliphatic rings. The molecule has 0 radical (unpaired) electrons. The quantitative estimate of drug-likeness (QED) is 0.584. The van der Waals surface area contributed by atoms with Gasteiger partial charge in [-0.2, -0.15) is 5.21 Å². The number of H-pyrrole nitrogens is 1. The van der Waals surface area contributed by atoms with Crippen molar-refractivity contribution in [1.82, 2.24) is 20.6 Å². The lowest BCUT2D eigenvalue weighted by atomic mass is 9.69. The first-order chi connectivity index (χ1) is 5.21. The average molecular weight is 153 g/mol. The molecule has 1 saturated carbocycles. The monoisotopic (exact) mass is 153 g/mol. The zero-order valence-electron chi connectivity index (χ0n) is 6.41. The van der Waals surface area contributed by atoms with Gasteiger partial charge in [0.2, 0.25) is 0 Å². The van der Waals surface area contributed by atoms with Crippen LogP contribution in [0.5, 0.6) is 0 Å². The fourth-order valence-electron chi connectivity index (χ4n) is 1.74. The van der Waals surface area contributed by atoms with Gasteiger partial charge in [-0.1, -0.05) is 12.1 Å². The number of tetrazole rings is 1. The molecule has 0 atom stereocenters. The molecule has 0 saturated heterocycles. The van der Waals surface area contributed by atoms with Gasteiger partial charge in [0, 0.05) is 0 Å². The summed E-state index contributed by atoms with van der Waals surface area (Å²) in [6.45, 7) is 2.17. The molecule has 5 heteroatoms. The molecule has 1 aliphatic carbocycles. The molecule has 1 fully saturated rings. The molecule has 0 unspecified atom stereocenters. The summed E-state index contributed by atoms with van der Waals surface area (Å²) in [6.07, 6.45) is 1.93. The van der Waals surface area contributed by atoms with Crippen molar-refractivity contribution in [3.63, 3.8) is 0 Å². The summed E-state index contributed by atoms with van der Waals surface area (Å²) in [5.74, 6) is 1.34. The normalized spacial score (nSPS) is 36.7. The molecular weight excluding hydrogens is 142 g/mol. The van der Waals surface area contributed by atoms with Crippen LogP contribution in [0.1, 0.15) is 25.6 Å². The van der Waals surface area contributed by atoms with Gasteiger partial charge in [0.25, 0.3) is 0 Å². The minimum Gasteiger partial charge on any atom is -0.319 e. The highest BCUT2D eigenvalue weighted by molar-refractivity contribution is 5.08. The number of hydrogen-bond acceptors (Lipinski definition) is 4. The topological polar surface area (TPSA) is 80.5 Å². The van der Waals surface area contributed by atoms with Crippen LogP contribution in [0.15, 0.2) is 0 Å². The summed E-state index contributed by atoms with van der Waals surface area (Å²) < 4.78 is 0. The second kappa shape index (κ2) is 2.01. The number of aromatic nitrogens is 4. The maximum Gasteiger partial charge on any atom is 0.194 e. The maximum absolute atomic E-state index is 5.97. The lowest BCUT2D eigenvalue weighted by molar-refractivity contribution is 0.153. The van der Waals surface area contributed by atoms with Gasteiger partial charge in [-0.05, 0) is 18.8 Å². The molecule has 0 bridgehead atoms. The second-order valence-electron chi connectivity index (χ2n) is 3.40. The van der Waals surface area contributed by atoms with E-state index in [-0.39, 0.29) is 5.54 Å². The Bertz CT molecular complexity index is 235. The van der Waals surface area contributed by atoms with E-state index in [1.165, 1.54) is 0 Å². The summed E-state index contributed by atoms with van der Waals surface area (Å²) in [5, 5.41) is 13.6. The van der Waals surface area contributed by atoms with Gasteiger partial charge in [-0.15, -0.1) is 10.2 Å². The van der Waals surface area contributed by atoms with Crippen molar-refractivity contribution < 1.29 is 0 Å². The van der Waals surface area contributed by atoms with Crippen LogP contribution in [-0.2, 0) is 5.54 Å². The van der Waals surface area contributed by atoms with E-state index in [1.807, 2.05) is 0 Å². The third kappa shape index (κ3) is 0.920. The Morgan fingerprint density at radius 2 is 2.36 bits per heavy atom. The highest BCUT2D eigenvalue weighted by atomic mass is 15.5. The third-order valence-electron chi connectivity index (χ3n) is 2.22. The summed E-state index contributed by atoms with van der Waals surface area (Å²) >= 11 is 0. The first-order valence-corrected chi connectivity index (χ1v) is 3.73. The molecule has 2 rings (SSSR count). The molecule has 0 amide bonds. The van der Waals surface area contributed by atoms with Crippen LogP contribution >= 0.6 is 0 Å². The van der Waals surface area contributed by atoms with Gasteiger partial charge in [0.1, 0.15) is 0 Å². The van der Waals surface area contributed by atoms with Crippen molar-refractivity contribution in [2.45, 2.75) is 25.3 Å². The van der Waals surface area contributed by atoms with Crippen LogP contribution in [0, 0.1) is 5.92 Å². The van der Waals surface area contributed by atoms with Crippen LogP contribution in [0.4, 0.5) is 0 Å². The molecule has 0 spiro atoms. The summed E-state index contributed by atoms with van der Waals surface area (Å²) in [7, 11) is 0. The molecule has 5 nitrogen and oxygen atoms in total. The van der Waals surface area contributed by atoms with Crippen LogP contribution in [-0.4, -0.2) is 20.6 Å². The third-order valence-corrected chi connectivity index (χ3v) is 2.22. The van der Waals surface area contributed by atoms with Crippen LogP contribution < -0.4 is 5.73 Å². The maximum atomic E-state index is 5.97. The molecule has 3 N–H and O–H groups in total. The van der Waals surface area contributed by atoms with Gasteiger partial charge in [0.05, 0.1) is 5.54 Å². The Kier molecular flexibility index (Phi) is 1.23. The van der Waals surface area contributed by atoms with E-state index in [4.69, 9.17) is 5.73 Å². The highest BCUT2D eigenvalue weighted by Crippen LogP contribution is 2.41. The number of nitrogens with two attached hydrogens (primary N) is 1. The van der Waals surface area contributed by atoms with Crippen LogP contribution in [0.25, 0.3) is 0 Å². The number of nitrogens with zero attached hydrogens (tertiary/aromatic N) is 3. The number of aromatic amines is 1. The minimum absolute atomic E-state index is 0.299. The predicted molar refractivity (Wildman–Crippen MR) is 38.4 cm³/mol. The van der Waals surface area contributed by atoms with Gasteiger partial charge in [-0.3, -0.25) is 0 Å². The fraction of sp³-hybridized carbons (Fsp3) is 0.833. The fourth-order valence-corrected chi connectivity index (χ4v) is 1.74. The predicted octanol–water partition coefficient (Wildman–Crippen LogP) is -0.216. The second-order valence-corrected chi connectivity index (χ2v) is 3.40. The van der Waals surface area contributed by atoms with E-state index in [0.29, 0.717) is 11.7 Å². The lowest BCUT2D eigenvalue weighted by Crippen LogP contribution is -2.48. The average Bonchev–Trinajstić information content (AvgIpc) is 2.34. The zero-order chi connectivity index (χ0) is 7.90. The highest BCUT2D eigenvalue weighted by Gasteiger charge is 2.43. The van der Waals surface area contributed by atoms with Gasteiger partial charge < -0.3 is 5.73 Å². The van der Waals surface area contributed by atoms with E-state index in [1.54, 1.807) is 0 Å². The van der Waals surface area contributed by atoms with Gasteiger partial charge in [0.15, 0.2) is 5.82 Å². The Hall–Kier alpha value is -0.970. The summed E-state index contributed by atoms with van der Waals surface area (Å²) in [5.41, 5.74) is 5.67. The van der Waals surface area contributed by atoms with Gasteiger partial charge in [-0.25, -0.2) is 0 Å². The Balaban J connectivity index is 2.18. The molecular formula is C6H11N5. The zero-order valence-corrected chi connectivity index (χ0v) is 6.41. The number of nitrogens with one attached hydrogen (secondary N) is 1. The summed E-state index contributed by atoms with van der Waals surface area (Å²) in [6, 6.07) is 0. The van der Waals surface area contributed by atoms with Gasteiger partial charge >= 0.3 is 0 Å². The largest absolute Gasteiger partial charge is 0.319 e. The Morgan fingerprint density at radius 3 is 2.82 bits per heavy atom. The smallest absolute Gasteiger partial charge is 0.194 e. The van der Waals surface area contributed by atoms with E-state index in [9.17, 15) is 0 Å². The van der Waals surface area contributed by atoms with Crippen molar-refractivity contribution >= 4 is 0 Å². The standard InChI is InChI=1S/C6H11N5/c1-4-2-6(7,3-4)5-8-10-11-9-5/h4H,2-3,7H2,1H3,(H,8,9,10,11). The molecule has 11 heavy (non-hydrogen) atoms. The molecule has 0 aromatic carbocycles. The first kappa shape index (κ1) is 6.72. The summed E-state index contributed by atoms with van der Waals surface area (Å²) in [4.78, 5) is 0. The van der Waals surface area contributed by atoms with Crippen molar-refractivity contribution in [2.75, 3.05) is 0 Å². The van der Waals surface area contributed by atoms with Crippen molar-refractivity contribution in [3.8, 4) is 0 Å². The van der Waals surface area contributed by atoms with E-state index in [0.717, 1.165) is 12.8 Å². The molecule has 1 heterocycles. The van der Waals surface area contributed by atoms with E-state index in [2.05, 4.69) is 27.5 Å². The van der Waals surface area contributed by atoms with Crippen molar-refractivity contribution in [1.29, 1.82) is 0 Å². The minimum atomic E-state index is -0.299. The number of rotatable bonds is 1. The first-order valence-electron chi connectivity index (χ1n) is 3.73. The number of hydrogen-bond donors (Lipinski definition) is 2. The van der Waals surface area contributed by atoms with Crippen LogP contribution in [0.2, 0.25) is 0 Å². The lowest BCUT2D eigenvalue weighted by Gasteiger charge is -2.40. The van der Waals surface area contributed by atoms with E-state index < -0.39 is 0 Å². The Morgan fingerprint density at radius 1 is 1.64 bits per heavy atom. The molecule has 60 valence electrons. The van der Waals surface area contributed by atoms with Crippen molar-refractivity contribution in [3.05, 3.63) is 5.82 Å². The molecule has 0 aliphatic heterocycles. The SMILES string of the molecule is CC1CC(N)(c2nn[nH]n2)C1. The van der Waals surface area contributed by atoms with Crippen molar-refractivity contribution in [2.24, 2.45) is 11.7 Å². The van der Waals surface area contributed by atoms with Crippen LogP contribution in [0.3, 0.4) is 0 Å². The van der Waals surface area contributed by atoms with E-state index >= 15 is 0 Å². The molecule has 1 aromatic rings.